The Bertz CT molecular complexity index is 784. The highest BCUT2D eigenvalue weighted by Gasteiger charge is 2.60. The molecule has 0 spiro atoms. The van der Waals surface area contributed by atoms with E-state index in [-0.39, 0.29) is 30.0 Å². The van der Waals surface area contributed by atoms with Crippen LogP contribution in [-0.2, 0) is 14.3 Å². The van der Waals surface area contributed by atoms with Crippen molar-refractivity contribution in [2.45, 2.75) is 105 Å². The lowest BCUT2D eigenvalue weighted by atomic mass is 9.46. The number of carbonyl (C=O) groups is 2. The first-order chi connectivity index (χ1) is 15.6. The van der Waals surface area contributed by atoms with Gasteiger partial charge in [0.25, 0.3) is 0 Å². The van der Waals surface area contributed by atoms with Crippen molar-refractivity contribution in [3.8, 4) is 0 Å². The van der Waals surface area contributed by atoms with Crippen LogP contribution >= 0.6 is 0 Å². The molecule has 0 unspecified atom stereocenters. The Morgan fingerprint density at radius 1 is 1.12 bits per heavy atom. The number of hydrogen-bond donors (Lipinski definition) is 1. The topological polar surface area (TPSA) is 63.6 Å². The lowest BCUT2D eigenvalue weighted by Crippen LogP contribution is -2.53. The predicted molar refractivity (Wildman–Crippen MR) is 130 cm³/mol. The number of hydrogen-bond acceptors (Lipinski definition) is 4. The molecule has 4 aliphatic carbocycles. The number of fused-ring (bicyclic) bond motifs is 5. The second kappa shape index (κ2) is 9.47. The summed E-state index contributed by atoms with van der Waals surface area (Å²) < 4.78 is 5.56. The van der Waals surface area contributed by atoms with Gasteiger partial charge in [-0.1, -0.05) is 39.3 Å². The summed E-state index contributed by atoms with van der Waals surface area (Å²) in [6, 6.07) is 0. The van der Waals surface area contributed by atoms with Gasteiger partial charge in [0.1, 0.15) is 11.9 Å². The fourth-order valence-corrected chi connectivity index (χ4v) is 8.89. The number of ketones is 1. The zero-order valence-corrected chi connectivity index (χ0v) is 21.6. The molecule has 4 aliphatic rings. The van der Waals surface area contributed by atoms with Gasteiger partial charge in [-0.25, -0.2) is 0 Å². The average molecular weight is 459 g/mol. The van der Waals surface area contributed by atoms with Crippen molar-refractivity contribution in [3.63, 3.8) is 0 Å². The summed E-state index contributed by atoms with van der Waals surface area (Å²) in [7, 11) is 0. The number of aliphatic hydroxyl groups excluding tert-OH is 1. The van der Waals surface area contributed by atoms with E-state index in [0.29, 0.717) is 34.9 Å². The maximum absolute atomic E-state index is 12.2. The third kappa shape index (κ3) is 4.34. The van der Waals surface area contributed by atoms with Gasteiger partial charge in [-0.2, -0.15) is 0 Å². The summed E-state index contributed by atoms with van der Waals surface area (Å²) in [5.74, 6) is 3.59. The molecule has 4 heteroatoms. The first kappa shape index (κ1) is 24.9. The molecule has 0 saturated heterocycles. The molecule has 186 valence electrons. The molecular formula is C29H46O4. The maximum atomic E-state index is 12.2. The van der Waals surface area contributed by atoms with Gasteiger partial charge in [-0.3, -0.25) is 9.59 Å². The first-order valence-electron chi connectivity index (χ1n) is 13.6. The lowest BCUT2D eigenvalue weighted by Gasteiger charge is -2.59. The van der Waals surface area contributed by atoms with E-state index in [2.05, 4.69) is 19.9 Å². The summed E-state index contributed by atoms with van der Waals surface area (Å²) in [5.41, 5.74) is 1.62. The van der Waals surface area contributed by atoms with Crippen LogP contribution in [0.3, 0.4) is 0 Å². The van der Waals surface area contributed by atoms with E-state index in [1.165, 1.54) is 38.2 Å². The molecule has 3 saturated carbocycles. The largest absolute Gasteiger partial charge is 0.462 e. The van der Waals surface area contributed by atoms with E-state index in [1.807, 2.05) is 13.8 Å². The lowest BCUT2D eigenvalue weighted by molar-refractivity contribution is -0.149. The zero-order chi connectivity index (χ0) is 24.0. The average Bonchev–Trinajstić information content (AvgIpc) is 3.13. The van der Waals surface area contributed by atoms with Gasteiger partial charge in [-0.15, -0.1) is 0 Å². The summed E-state index contributed by atoms with van der Waals surface area (Å²) >= 11 is 0. The fourth-order valence-electron chi connectivity index (χ4n) is 8.89. The zero-order valence-electron chi connectivity index (χ0n) is 21.6. The molecule has 33 heavy (non-hydrogen) atoms. The Morgan fingerprint density at radius 2 is 1.88 bits per heavy atom. The minimum atomic E-state index is -0.194. The highest BCUT2D eigenvalue weighted by Crippen LogP contribution is 2.67. The van der Waals surface area contributed by atoms with Crippen molar-refractivity contribution in [3.05, 3.63) is 11.6 Å². The molecule has 4 rings (SSSR count). The molecular weight excluding hydrogens is 412 g/mol. The van der Waals surface area contributed by atoms with Gasteiger partial charge in [0.05, 0.1) is 6.61 Å². The van der Waals surface area contributed by atoms with E-state index in [4.69, 9.17) is 4.74 Å². The van der Waals surface area contributed by atoms with Crippen LogP contribution in [0, 0.1) is 46.3 Å². The number of esters is 1. The molecule has 0 aromatic carbocycles. The molecule has 0 aromatic rings. The minimum Gasteiger partial charge on any atom is -0.462 e. The van der Waals surface area contributed by atoms with Crippen molar-refractivity contribution in [1.29, 1.82) is 0 Å². The molecule has 0 amide bonds. The Hall–Kier alpha value is -1.16. The van der Waals surface area contributed by atoms with Crippen molar-refractivity contribution < 1.29 is 19.4 Å². The fraction of sp³-hybridized carbons (Fsp3) is 0.862. The summed E-state index contributed by atoms with van der Waals surface area (Å²) in [6.07, 6.45) is 12.9. The van der Waals surface area contributed by atoms with Gasteiger partial charge >= 0.3 is 5.97 Å². The molecule has 4 nitrogen and oxygen atoms in total. The Balaban J connectivity index is 1.50. The summed E-state index contributed by atoms with van der Waals surface area (Å²) in [5, 5.41) is 10.7. The van der Waals surface area contributed by atoms with Gasteiger partial charge in [0.2, 0.25) is 0 Å². The molecule has 0 heterocycles. The predicted octanol–water partition coefficient (Wildman–Crippen LogP) is 6.11. The van der Waals surface area contributed by atoms with Crippen molar-refractivity contribution in [2.24, 2.45) is 46.3 Å². The smallest absolute Gasteiger partial charge is 0.302 e. The van der Waals surface area contributed by atoms with Gasteiger partial charge < -0.3 is 9.84 Å². The SMILES string of the molecule is CC(=O)O[C@H]1CC[C@@]2(CO)C(=CC[C@@H]3[C@@H]2CC[C@]2(C)[C@@H]([C@H](C)CCC(=O)C(C)C)CC[C@@H]32)C1. The van der Waals surface area contributed by atoms with Crippen LogP contribution < -0.4 is 0 Å². The molecule has 8 atom stereocenters. The Morgan fingerprint density at radius 3 is 2.55 bits per heavy atom. The molecule has 0 bridgehead atoms. The van der Waals surface area contributed by atoms with Crippen molar-refractivity contribution in [2.75, 3.05) is 6.61 Å². The summed E-state index contributed by atoms with van der Waals surface area (Å²) in [4.78, 5) is 23.7. The number of aliphatic hydroxyl groups is 1. The monoisotopic (exact) mass is 458 g/mol. The second-order valence-electron chi connectivity index (χ2n) is 12.5. The highest BCUT2D eigenvalue weighted by atomic mass is 16.5. The standard InChI is InChI=1S/C29H46O4/c1-18(2)27(32)11-6-19(3)24-9-10-25-23-8-7-21-16-22(33-20(4)31)12-15-29(21,17-30)26(23)13-14-28(24,25)5/h7,18-19,22-26,30H,6,8-17H2,1-5H3/t19-,22+,23+,24-,25+,26+,28-,29-/m1/s1. The number of allylic oxidation sites excluding steroid dienone is 1. The molecule has 0 aromatic heterocycles. The van der Waals surface area contributed by atoms with Crippen LogP contribution in [-0.4, -0.2) is 29.6 Å². The maximum Gasteiger partial charge on any atom is 0.302 e. The number of Topliss-reactive ketones (excluding diaryl/α,β-unsaturated/α-hetero) is 1. The highest BCUT2D eigenvalue weighted by molar-refractivity contribution is 5.80. The van der Waals surface area contributed by atoms with Crippen molar-refractivity contribution >= 4 is 11.8 Å². The van der Waals surface area contributed by atoms with Crippen molar-refractivity contribution in [1.82, 2.24) is 0 Å². The minimum absolute atomic E-state index is 0.0240. The van der Waals surface area contributed by atoms with Crippen LogP contribution in [0.15, 0.2) is 11.6 Å². The van der Waals surface area contributed by atoms with Gasteiger partial charge in [0.15, 0.2) is 0 Å². The van der Waals surface area contributed by atoms with Crippen LogP contribution in [0.25, 0.3) is 0 Å². The molecule has 3 fully saturated rings. The number of carbonyl (C=O) groups excluding carboxylic acids is 2. The van der Waals surface area contributed by atoms with E-state index in [9.17, 15) is 14.7 Å². The Kier molecular flexibility index (Phi) is 7.16. The quantitative estimate of drug-likeness (QED) is 0.369. The molecule has 1 N–H and O–H groups in total. The molecule has 0 radical (unpaired) electrons. The third-order valence-corrected chi connectivity index (χ3v) is 10.6. The normalized spacial score (nSPS) is 40.9. The van der Waals surface area contributed by atoms with Crippen LogP contribution in [0.5, 0.6) is 0 Å². The van der Waals surface area contributed by atoms with E-state index in [0.717, 1.165) is 44.4 Å². The van der Waals surface area contributed by atoms with E-state index < -0.39 is 0 Å². The van der Waals surface area contributed by atoms with E-state index >= 15 is 0 Å². The number of ether oxygens (including phenoxy) is 1. The van der Waals surface area contributed by atoms with E-state index in [1.54, 1.807) is 0 Å². The Labute approximate surface area is 200 Å². The number of rotatable bonds is 7. The molecule has 0 aliphatic heterocycles. The van der Waals surface area contributed by atoms with Crippen LogP contribution in [0.4, 0.5) is 0 Å². The summed E-state index contributed by atoms with van der Waals surface area (Å²) in [6.45, 7) is 10.7. The second-order valence-corrected chi connectivity index (χ2v) is 12.5. The van der Waals surface area contributed by atoms with Crippen LogP contribution in [0.1, 0.15) is 98.8 Å². The van der Waals surface area contributed by atoms with Gasteiger partial charge in [0, 0.05) is 31.1 Å². The first-order valence-corrected chi connectivity index (χ1v) is 13.6. The third-order valence-electron chi connectivity index (χ3n) is 10.6. The van der Waals surface area contributed by atoms with Crippen LogP contribution in [0.2, 0.25) is 0 Å². The van der Waals surface area contributed by atoms with Gasteiger partial charge in [-0.05, 0) is 86.4 Å².